The standard InChI is InChI=1S/C25H34N2O4/c1-4-24(28)27(19-21-12-14-22(30-3)15-13-21)23(18-20-10-7-6-8-11-20)25(29)26-16-9-17-31-5-2/h6-8,10-15,23H,4-5,9,16-19H2,1-3H3,(H,26,29)/t23-/m0/s1. The predicted octanol–water partition coefficient (Wildman–Crippen LogP) is 3.59. The Bertz CT molecular complexity index is 793. The lowest BCUT2D eigenvalue weighted by atomic mass is 10.0. The van der Waals surface area contributed by atoms with Gasteiger partial charge in [0.05, 0.1) is 7.11 Å². The first-order valence-electron chi connectivity index (χ1n) is 10.9. The first kappa shape index (κ1) is 24.4. The minimum atomic E-state index is -0.593. The van der Waals surface area contributed by atoms with Crippen molar-refractivity contribution in [2.45, 2.75) is 45.7 Å². The van der Waals surface area contributed by atoms with Crippen molar-refractivity contribution in [2.75, 3.05) is 26.9 Å². The molecule has 0 bridgehead atoms. The van der Waals surface area contributed by atoms with Crippen molar-refractivity contribution in [1.82, 2.24) is 10.2 Å². The average Bonchev–Trinajstić information content (AvgIpc) is 2.81. The molecular formula is C25H34N2O4. The highest BCUT2D eigenvalue weighted by Crippen LogP contribution is 2.18. The number of benzene rings is 2. The maximum absolute atomic E-state index is 13.2. The van der Waals surface area contributed by atoms with Crippen LogP contribution in [0.4, 0.5) is 0 Å². The van der Waals surface area contributed by atoms with Crippen LogP contribution in [-0.4, -0.2) is 49.6 Å². The molecule has 168 valence electrons. The van der Waals surface area contributed by atoms with Gasteiger partial charge in [-0.25, -0.2) is 0 Å². The van der Waals surface area contributed by atoms with Gasteiger partial charge in [-0.15, -0.1) is 0 Å². The lowest BCUT2D eigenvalue weighted by molar-refractivity contribution is -0.141. The number of ether oxygens (including phenoxy) is 2. The van der Waals surface area contributed by atoms with Crippen LogP contribution in [0.1, 0.15) is 37.8 Å². The summed E-state index contributed by atoms with van der Waals surface area (Å²) in [5, 5.41) is 2.99. The zero-order valence-corrected chi connectivity index (χ0v) is 18.8. The van der Waals surface area contributed by atoms with E-state index in [9.17, 15) is 9.59 Å². The SMILES string of the molecule is CCOCCCNC(=O)[C@H](Cc1ccccc1)N(Cc1ccc(OC)cc1)C(=O)CC. The van der Waals surface area contributed by atoms with E-state index in [1.807, 2.05) is 68.4 Å². The van der Waals surface area contributed by atoms with Gasteiger partial charge in [0.2, 0.25) is 11.8 Å². The van der Waals surface area contributed by atoms with Crippen LogP contribution in [0, 0.1) is 0 Å². The van der Waals surface area contributed by atoms with E-state index in [0.29, 0.717) is 39.1 Å². The quantitative estimate of drug-likeness (QED) is 0.497. The zero-order valence-electron chi connectivity index (χ0n) is 18.8. The number of nitrogens with zero attached hydrogens (tertiary/aromatic N) is 1. The van der Waals surface area contributed by atoms with Crippen LogP contribution in [0.5, 0.6) is 5.75 Å². The Morgan fingerprint density at radius 2 is 1.71 bits per heavy atom. The second kappa shape index (κ2) is 13.4. The Hall–Kier alpha value is -2.86. The van der Waals surface area contributed by atoms with Crippen LogP contribution < -0.4 is 10.1 Å². The number of methoxy groups -OCH3 is 1. The molecule has 0 aliphatic heterocycles. The van der Waals surface area contributed by atoms with Crippen LogP contribution in [0.2, 0.25) is 0 Å². The molecule has 0 spiro atoms. The zero-order chi connectivity index (χ0) is 22.5. The van der Waals surface area contributed by atoms with Gasteiger partial charge >= 0.3 is 0 Å². The van der Waals surface area contributed by atoms with Crippen LogP contribution in [-0.2, 0) is 27.3 Å². The second-order valence-electron chi connectivity index (χ2n) is 7.27. The largest absolute Gasteiger partial charge is 0.497 e. The lowest BCUT2D eigenvalue weighted by Gasteiger charge is -2.31. The lowest BCUT2D eigenvalue weighted by Crippen LogP contribution is -2.50. The van der Waals surface area contributed by atoms with Gasteiger partial charge in [-0.2, -0.15) is 0 Å². The highest BCUT2D eigenvalue weighted by Gasteiger charge is 2.29. The van der Waals surface area contributed by atoms with Crippen LogP contribution in [0.3, 0.4) is 0 Å². The van der Waals surface area contributed by atoms with Gasteiger partial charge in [0, 0.05) is 39.1 Å². The molecule has 2 amide bonds. The molecule has 0 unspecified atom stereocenters. The first-order valence-corrected chi connectivity index (χ1v) is 10.9. The van der Waals surface area contributed by atoms with Crippen molar-refractivity contribution in [3.63, 3.8) is 0 Å². The van der Waals surface area contributed by atoms with Gasteiger partial charge in [-0.3, -0.25) is 9.59 Å². The normalized spacial score (nSPS) is 11.6. The third-order valence-electron chi connectivity index (χ3n) is 5.05. The van der Waals surface area contributed by atoms with Crippen molar-refractivity contribution in [2.24, 2.45) is 0 Å². The molecule has 2 aromatic rings. The number of hydrogen-bond donors (Lipinski definition) is 1. The van der Waals surface area contributed by atoms with Gasteiger partial charge in [-0.05, 0) is 36.6 Å². The smallest absolute Gasteiger partial charge is 0.243 e. The molecule has 31 heavy (non-hydrogen) atoms. The molecule has 0 aliphatic carbocycles. The number of nitrogens with one attached hydrogen (secondary N) is 1. The fourth-order valence-corrected chi connectivity index (χ4v) is 3.33. The van der Waals surface area contributed by atoms with Gasteiger partial charge in [0.25, 0.3) is 0 Å². The molecule has 0 saturated carbocycles. The number of carbonyl (C=O) groups is 2. The Morgan fingerprint density at radius 3 is 2.32 bits per heavy atom. The van der Waals surface area contributed by atoms with Crippen molar-refractivity contribution < 1.29 is 19.1 Å². The molecule has 0 radical (unpaired) electrons. The molecule has 6 nitrogen and oxygen atoms in total. The van der Waals surface area contributed by atoms with E-state index in [0.717, 1.165) is 23.3 Å². The molecule has 2 aromatic carbocycles. The van der Waals surface area contributed by atoms with E-state index in [1.165, 1.54) is 0 Å². The second-order valence-corrected chi connectivity index (χ2v) is 7.27. The number of amides is 2. The van der Waals surface area contributed by atoms with Crippen molar-refractivity contribution in [3.8, 4) is 5.75 Å². The summed E-state index contributed by atoms with van der Waals surface area (Å²) in [5.74, 6) is 0.557. The molecule has 1 N–H and O–H groups in total. The van der Waals surface area contributed by atoms with E-state index < -0.39 is 6.04 Å². The van der Waals surface area contributed by atoms with Crippen LogP contribution in [0.25, 0.3) is 0 Å². The van der Waals surface area contributed by atoms with Gasteiger partial charge < -0.3 is 19.7 Å². The summed E-state index contributed by atoms with van der Waals surface area (Å²) in [7, 11) is 1.62. The summed E-state index contributed by atoms with van der Waals surface area (Å²) in [6.45, 7) is 5.90. The van der Waals surface area contributed by atoms with Crippen molar-refractivity contribution >= 4 is 11.8 Å². The van der Waals surface area contributed by atoms with Crippen molar-refractivity contribution in [3.05, 3.63) is 65.7 Å². The van der Waals surface area contributed by atoms with E-state index in [-0.39, 0.29) is 11.8 Å². The van der Waals surface area contributed by atoms with Crippen LogP contribution in [0.15, 0.2) is 54.6 Å². The Morgan fingerprint density at radius 1 is 1.00 bits per heavy atom. The van der Waals surface area contributed by atoms with E-state index in [1.54, 1.807) is 12.0 Å². The molecule has 0 aromatic heterocycles. The predicted molar refractivity (Wildman–Crippen MR) is 122 cm³/mol. The molecule has 0 heterocycles. The molecule has 2 rings (SSSR count). The number of carbonyl (C=O) groups excluding carboxylic acids is 2. The van der Waals surface area contributed by atoms with Gasteiger partial charge in [0.15, 0.2) is 0 Å². The Labute approximate surface area is 185 Å². The summed E-state index contributed by atoms with van der Waals surface area (Å²) in [5.41, 5.74) is 1.96. The monoisotopic (exact) mass is 426 g/mol. The molecular weight excluding hydrogens is 392 g/mol. The maximum Gasteiger partial charge on any atom is 0.243 e. The molecule has 0 aliphatic rings. The third kappa shape index (κ3) is 8.06. The summed E-state index contributed by atoms with van der Waals surface area (Å²) >= 11 is 0. The minimum Gasteiger partial charge on any atom is -0.497 e. The maximum atomic E-state index is 13.2. The molecule has 1 atom stereocenters. The highest BCUT2D eigenvalue weighted by molar-refractivity contribution is 5.87. The molecule has 0 fully saturated rings. The fourth-order valence-electron chi connectivity index (χ4n) is 3.33. The molecule has 0 saturated heterocycles. The highest BCUT2D eigenvalue weighted by atomic mass is 16.5. The number of rotatable bonds is 13. The van der Waals surface area contributed by atoms with E-state index in [4.69, 9.17) is 9.47 Å². The average molecular weight is 427 g/mol. The van der Waals surface area contributed by atoms with Gasteiger partial charge in [-0.1, -0.05) is 49.4 Å². The summed E-state index contributed by atoms with van der Waals surface area (Å²) in [6, 6.07) is 16.8. The minimum absolute atomic E-state index is 0.0544. The first-order chi connectivity index (χ1) is 15.1. The van der Waals surface area contributed by atoms with E-state index >= 15 is 0 Å². The van der Waals surface area contributed by atoms with Gasteiger partial charge in [0.1, 0.15) is 11.8 Å². The molecule has 6 heteroatoms. The van der Waals surface area contributed by atoms with Crippen LogP contribution >= 0.6 is 0 Å². The fraction of sp³-hybridized carbons (Fsp3) is 0.440. The summed E-state index contributed by atoms with van der Waals surface area (Å²) in [6.07, 6.45) is 1.52. The third-order valence-corrected chi connectivity index (χ3v) is 5.05. The summed E-state index contributed by atoms with van der Waals surface area (Å²) in [4.78, 5) is 27.7. The van der Waals surface area contributed by atoms with Crippen molar-refractivity contribution in [1.29, 1.82) is 0 Å². The van der Waals surface area contributed by atoms with E-state index in [2.05, 4.69) is 5.32 Å². The Kier molecular flexibility index (Phi) is 10.6. The topological polar surface area (TPSA) is 67.9 Å². The number of hydrogen-bond acceptors (Lipinski definition) is 4. The Balaban J connectivity index is 2.21. The summed E-state index contributed by atoms with van der Waals surface area (Å²) < 4.78 is 10.6.